The SMILES string of the molecule is CCN(C)CCC(C)C(C)CCN(C)CC. The quantitative estimate of drug-likeness (QED) is 0.599. The third-order valence-corrected chi connectivity index (χ3v) is 3.98. The van der Waals surface area contributed by atoms with Crippen LogP contribution in [0.5, 0.6) is 0 Å². The summed E-state index contributed by atoms with van der Waals surface area (Å²) < 4.78 is 0. The maximum Gasteiger partial charge on any atom is -0.00193 e. The van der Waals surface area contributed by atoms with Gasteiger partial charge in [0.25, 0.3) is 0 Å². The van der Waals surface area contributed by atoms with Gasteiger partial charge in [0.05, 0.1) is 0 Å². The summed E-state index contributed by atoms with van der Waals surface area (Å²) in [4.78, 5) is 4.81. The van der Waals surface area contributed by atoms with E-state index < -0.39 is 0 Å². The van der Waals surface area contributed by atoms with E-state index in [1.54, 1.807) is 0 Å². The fourth-order valence-corrected chi connectivity index (χ4v) is 1.73. The van der Waals surface area contributed by atoms with Crippen LogP contribution in [0.3, 0.4) is 0 Å². The Bertz CT molecular complexity index is 141. The molecule has 0 rings (SSSR count). The van der Waals surface area contributed by atoms with Gasteiger partial charge in [-0.1, -0.05) is 27.7 Å². The summed E-state index contributed by atoms with van der Waals surface area (Å²) in [6.07, 6.45) is 2.67. The molecule has 0 fully saturated rings. The molecule has 0 radical (unpaired) electrons. The lowest BCUT2D eigenvalue weighted by atomic mass is 9.90. The molecule has 0 aliphatic carbocycles. The van der Waals surface area contributed by atoms with Gasteiger partial charge in [0.1, 0.15) is 0 Å². The Morgan fingerprint density at radius 3 is 1.31 bits per heavy atom. The monoisotopic (exact) mass is 228 g/mol. The van der Waals surface area contributed by atoms with Gasteiger partial charge in [0, 0.05) is 0 Å². The molecule has 2 heteroatoms. The molecule has 2 atom stereocenters. The maximum atomic E-state index is 2.40. The molecule has 0 bridgehead atoms. The molecule has 0 aromatic heterocycles. The van der Waals surface area contributed by atoms with E-state index in [1.807, 2.05) is 0 Å². The Morgan fingerprint density at radius 2 is 1.06 bits per heavy atom. The minimum Gasteiger partial charge on any atom is -0.307 e. The molecule has 2 unspecified atom stereocenters. The average Bonchev–Trinajstić information content (AvgIpc) is 2.31. The van der Waals surface area contributed by atoms with Gasteiger partial charge in [-0.2, -0.15) is 0 Å². The first-order valence-corrected chi connectivity index (χ1v) is 6.88. The van der Waals surface area contributed by atoms with Crippen LogP contribution in [0.2, 0.25) is 0 Å². The highest BCUT2D eigenvalue weighted by Crippen LogP contribution is 2.18. The van der Waals surface area contributed by atoms with Crippen LogP contribution in [0.1, 0.15) is 40.5 Å². The molecular weight excluding hydrogens is 196 g/mol. The summed E-state index contributed by atoms with van der Waals surface area (Å²) in [5.41, 5.74) is 0. The Kier molecular flexibility index (Phi) is 8.96. The molecule has 0 aromatic carbocycles. The van der Waals surface area contributed by atoms with Crippen LogP contribution in [-0.4, -0.2) is 50.1 Å². The molecule has 0 saturated heterocycles. The molecule has 0 amide bonds. The topological polar surface area (TPSA) is 6.48 Å². The first-order chi connectivity index (χ1) is 7.51. The van der Waals surface area contributed by atoms with E-state index in [4.69, 9.17) is 0 Å². The summed E-state index contributed by atoms with van der Waals surface area (Å²) in [5, 5.41) is 0. The van der Waals surface area contributed by atoms with Gasteiger partial charge in [-0.3, -0.25) is 0 Å². The molecule has 0 aromatic rings. The number of hydrogen-bond donors (Lipinski definition) is 0. The summed E-state index contributed by atoms with van der Waals surface area (Å²) in [6.45, 7) is 14.1. The van der Waals surface area contributed by atoms with Gasteiger partial charge in [-0.05, 0) is 65.0 Å². The van der Waals surface area contributed by atoms with Crippen molar-refractivity contribution in [3.05, 3.63) is 0 Å². The molecule has 0 aliphatic heterocycles. The predicted molar refractivity (Wildman–Crippen MR) is 73.9 cm³/mol. The summed E-state index contributed by atoms with van der Waals surface area (Å²) in [5.74, 6) is 1.69. The summed E-state index contributed by atoms with van der Waals surface area (Å²) >= 11 is 0. The van der Waals surface area contributed by atoms with E-state index in [9.17, 15) is 0 Å². The highest BCUT2D eigenvalue weighted by molar-refractivity contribution is 4.65. The fourth-order valence-electron chi connectivity index (χ4n) is 1.73. The van der Waals surface area contributed by atoms with Crippen molar-refractivity contribution in [2.24, 2.45) is 11.8 Å². The van der Waals surface area contributed by atoms with Crippen LogP contribution in [0.25, 0.3) is 0 Å². The van der Waals surface area contributed by atoms with Gasteiger partial charge in [-0.15, -0.1) is 0 Å². The van der Waals surface area contributed by atoms with Gasteiger partial charge in [0.15, 0.2) is 0 Å². The van der Waals surface area contributed by atoms with E-state index in [-0.39, 0.29) is 0 Å². The van der Waals surface area contributed by atoms with E-state index in [1.165, 1.54) is 39.0 Å². The smallest absolute Gasteiger partial charge is 0.00193 e. The Labute approximate surface area is 103 Å². The molecule has 16 heavy (non-hydrogen) atoms. The third kappa shape index (κ3) is 7.24. The van der Waals surface area contributed by atoms with Gasteiger partial charge < -0.3 is 9.80 Å². The first kappa shape index (κ1) is 15.9. The van der Waals surface area contributed by atoms with Gasteiger partial charge in [-0.25, -0.2) is 0 Å². The minimum absolute atomic E-state index is 0.847. The van der Waals surface area contributed by atoms with E-state index in [2.05, 4.69) is 51.6 Å². The molecular formula is C14H32N2. The van der Waals surface area contributed by atoms with Crippen molar-refractivity contribution in [2.45, 2.75) is 40.5 Å². The summed E-state index contributed by atoms with van der Waals surface area (Å²) in [6, 6.07) is 0. The van der Waals surface area contributed by atoms with Gasteiger partial charge >= 0.3 is 0 Å². The van der Waals surface area contributed by atoms with E-state index >= 15 is 0 Å². The van der Waals surface area contributed by atoms with Crippen molar-refractivity contribution in [1.29, 1.82) is 0 Å². The standard InChI is InChI=1S/C14H32N2/c1-7-15(5)11-9-13(3)14(4)10-12-16(6)8-2/h13-14H,7-12H2,1-6H3. The lowest BCUT2D eigenvalue weighted by molar-refractivity contribution is 0.247. The van der Waals surface area contributed by atoms with Crippen LogP contribution in [0.15, 0.2) is 0 Å². The highest BCUT2D eigenvalue weighted by atomic mass is 15.1. The van der Waals surface area contributed by atoms with Crippen LogP contribution in [0, 0.1) is 11.8 Å². The van der Waals surface area contributed by atoms with Crippen molar-refractivity contribution >= 4 is 0 Å². The Hall–Kier alpha value is -0.0800. The Morgan fingerprint density at radius 1 is 0.750 bits per heavy atom. The molecule has 0 N–H and O–H groups in total. The van der Waals surface area contributed by atoms with Crippen LogP contribution in [0.4, 0.5) is 0 Å². The largest absolute Gasteiger partial charge is 0.307 e. The van der Waals surface area contributed by atoms with Crippen molar-refractivity contribution in [2.75, 3.05) is 40.3 Å². The minimum atomic E-state index is 0.847. The molecule has 0 saturated carbocycles. The second kappa shape index (κ2) is 9.00. The van der Waals surface area contributed by atoms with Crippen molar-refractivity contribution in [3.63, 3.8) is 0 Å². The first-order valence-electron chi connectivity index (χ1n) is 6.88. The van der Waals surface area contributed by atoms with Crippen LogP contribution >= 0.6 is 0 Å². The van der Waals surface area contributed by atoms with Gasteiger partial charge in [0.2, 0.25) is 0 Å². The molecule has 0 heterocycles. The molecule has 0 aliphatic rings. The highest BCUT2D eigenvalue weighted by Gasteiger charge is 2.13. The maximum absolute atomic E-state index is 2.40. The van der Waals surface area contributed by atoms with Crippen LogP contribution in [-0.2, 0) is 0 Å². The lowest BCUT2D eigenvalue weighted by Crippen LogP contribution is -2.25. The fraction of sp³-hybridized carbons (Fsp3) is 1.00. The molecule has 98 valence electrons. The predicted octanol–water partition coefficient (Wildman–Crippen LogP) is 2.94. The average molecular weight is 228 g/mol. The molecule has 0 spiro atoms. The third-order valence-electron chi connectivity index (χ3n) is 3.98. The van der Waals surface area contributed by atoms with E-state index in [0.717, 1.165) is 11.8 Å². The van der Waals surface area contributed by atoms with Crippen LogP contribution < -0.4 is 0 Å². The van der Waals surface area contributed by atoms with Crippen molar-refractivity contribution in [1.82, 2.24) is 9.80 Å². The summed E-state index contributed by atoms with van der Waals surface area (Å²) in [7, 11) is 4.42. The van der Waals surface area contributed by atoms with E-state index in [0.29, 0.717) is 0 Å². The normalized spacial score (nSPS) is 15.8. The van der Waals surface area contributed by atoms with Crippen molar-refractivity contribution in [3.8, 4) is 0 Å². The zero-order chi connectivity index (χ0) is 12.6. The zero-order valence-corrected chi connectivity index (χ0v) is 12.3. The zero-order valence-electron chi connectivity index (χ0n) is 12.3. The Balaban J connectivity index is 3.68. The van der Waals surface area contributed by atoms with Crippen molar-refractivity contribution < 1.29 is 0 Å². The number of rotatable bonds is 9. The lowest BCUT2D eigenvalue weighted by Gasteiger charge is -2.24. The second-order valence-electron chi connectivity index (χ2n) is 5.32. The number of hydrogen-bond acceptors (Lipinski definition) is 2. The second-order valence-corrected chi connectivity index (χ2v) is 5.32. The molecule has 2 nitrogen and oxygen atoms in total. The number of nitrogens with zero attached hydrogens (tertiary/aromatic N) is 2.